The molecule has 5 nitrogen and oxygen atoms in total. The van der Waals surface area contributed by atoms with E-state index < -0.39 is 0 Å². The van der Waals surface area contributed by atoms with Crippen LogP contribution >= 0.6 is 0 Å². The second-order valence-corrected chi connectivity index (χ2v) is 3.59. The van der Waals surface area contributed by atoms with Gasteiger partial charge in [0, 0.05) is 25.7 Å². The lowest BCUT2D eigenvalue weighted by Gasteiger charge is -2.15. The fourth-order valence-corrected chi connectivity index (χ4v) is 1.29. The minimum atomic E-state index is -0.345. The molecule has 3 N–H and O–H groups in total. The van der Waals surface area contributed by atoms with Crippen molar-refractivity contribution in [2.24, 2.45) is 10.9 Å². The molecule has 0 atom stereocenters. The Bertz CT molecular complexity index is 370. The van der Waals surface area contributed by atoms with Crippen molar-refractivity contribution in [3.63, 3.8) is 0 Å². The number of amidine groups is 1. The van der Waals surface area contributed by atoms with Gasteiger partial charge in [0.1, 0.15) is 11.7 Å². The lowest BCUT2D eigenvalue weighted by atomic mass is 10.2. The Morgan fingerprint density at radius 2 is 2.38 bits per heavy atom. The Balaban J connectivity index is 2.42. The average Bonchev–Trinajstić information content (AvgIpc) is 2.26. The predicted octanol–water partition coefficient (Wildman–Crippen LogP) is 0.789. The quantitative estimate of drug-likeness (QED) is 0.337. The highest BCUT2D eigenvalue weighted by Crippen LogP contribution is 2.04. The fraction of sp³-hybridized carbons (Fsp3) is 0.400. The summed E-state index contributed by atoms with van der Waals surface area (Å²) in [7, 11) is 1.87. The van der Waals surface area contributed by atoms with Crippen molar-refractivity contribution in [1.29, 1.82) is 0 Å². The van der Waals surface area contributed by atoms with E-state index in [4.69, 9.17) is 10.9 Å². The number of pyridine rings is 1. The van der Waals surface area contributed by atoms with Crippen molar-refractivity contribution < 1.29 is 9.60 Å². The zero-order chi connectivity index (χ0) is 12.0. The van der Waals surface area contributed by atoms with Crippen molar-refractivity contribution in [1.82, 2.24) is 9.88 Å². The minimum absolute atomic E-state index is 0.184. The predicted molar refractivity (Wildman–Crippen MR) is 58.6 cm³/mol. The van der Waals surface area contributed by atoms with E-state index in [2.05, 4.69) is 10.1 Å². The number of rotatable bonds is 5. The zero-order valence-electron chi connectivity index (χ0n) is 9.10. The van der Waals surface area contributed by atoms with Gasteiger partial charge in [-0.3, -0.25) is 4.98 Å². The van der Waals surface area contributed by atoms with Crippen LogP contribution in [0.25, 0.3) is 0 Å². The van der Waals surface area contributed by atoms with Gasteiger partial charge in [0.05, 0.1) is 6.20 Å². The first-order valence-corrected chi connectivity index (χ1v) is 4.86. The van der Waals surface area contributed by atoms with Crippen LogP contribution in [-0.2, 0) is 6.54 Å². The maximum atomic E-state index is 12.8. The van der Waals surface area contributed by atoms with E-state index in [9.17, 15) is 4.39 Å². The first kappa shape index (κ1) is 12.4. The normalized spacial score (nSPS) is 12.1. The van der Waals surface area contributed by atoms with E-state index in [1.165, 1.54) is 12.3 Å². The average molecular weight is 226 g/mol. The molecular weight excluding hydrogens is 211 g/mol. The van der Waals surface area contributed by atoms with Crippen molar-refractivity contribution >= 4 is 5.84 Å². The monoisotopic (exact) mass is 226 g/mol. The van der Waals surface area contributed by atoms with Crippen molar-refractivity contribution in [3.8, 4) is 0 Å². The van der Waals surface area contributed by atoms with E-state index >= 15 is 0 Å². The van der Waals surface area contributed by atoms with Gasteiger partial charge in [0.25, 0.3) is 0 Å². The van der Waals surface area contributed by atoms with E-state index in [-0.39, 0.29) is 11.7 Å². The standard InChI is InChI=1S/C10H15FN4O/c1-15(3-2-10(12)14-16)7-8-4-9(11)6-13-5-8/h4-6,16H,2-3,7H2,1H3,(H2,12,14). The third-order valence-electron chi connectivity index (χ3n) is 2.09. The highest BCUT2D eigenvalue weighted by Gasteiger charge is 2.03. The topological polar surface area (TPSA) is 74.7 Å². The molecule has 16 heavy (non-hydrogen) atoms. The second kappa shape index (κ2) is 6.02. The maximum absolute atomic E-state index is 12.8. The van der Waals surface area contributed by atoms with Crippen LogP contribution in [0.2, 0.25) is 0 Å². The fourth-order valence-electron chi connectivity index (χ4n) is 1.29. The summed E-state index contributed by atoms with van der Waals surface area (Å²) in [5.74, 6) is -0.161. The molecule has 0 unspecified atom stereocenters. The van der Waals surface area contributed by atoms with Gasteiger partial charge < -0.3 is 15.8 Å². The summed E-state index contributed by atoms with van der Waals surface area (Å²) in [5, 5.41) is 11.2. The van der Waals surface area contributed by atoms with Crippen LogP contribution in [0.15, 0.2) is 23.6 Å². The molecule has 6 heteroatoms. The molecule has 0 aliphatic rings. The Kier molecular flexibility index (Phi) is 4.65. The van der Waals surface area contributed by atoms with E-state index in [1.54, 1.807) is 6.20 Å². The summed E-state index contributed by atoms with van der Waals surface area (Å²) in [6.07, 6.45) is 3.25. The lowest BCUT2D eigenvalue weighted by molar-refractivity contribution is 0.309. The van der Waals surface area contributed by atoms with Gasteiger partial charge in [-0.15, -0.1) is 0 Å². The summed E-state index contributed by atoms with van der Waals surface area (Å²) < 4.78 is 12.8. The van der Waals surface area contributed by atoms with Crippen molar-refractivity contribution in [2.45, 2.75) is 13.0 Å². The summed E-state index contributed by atoms with van der Waals surface area (Å²) >= 11 is 0. The second-order valence-electron chi connectivity index (χ2n) is 3.59. The highest BCUT2D eigenvalue weighted by molar-refractivity contribution is 5.79. The van der Waals surface area contributed by atoms with Gasteiger partial charge in [0.2, 0.25) is 0 Å². The number of halogens is 1. The highest BCUT2D eigenvalue weighted by atomic mass is 19.1. The van der Waals surface area contributed by atoms with Gasteiger partial charge in [-0.05, 0) is 18.7 Å². The smallest absolute Gasteiger partial charge is 0.141 e. The summed E-state index contributed by atoms with van der Waals surface area (Å²) in [6.45, 7) is 1.20. The molecule has 1 aromatic rings. The molecule has 1 heterocycles. The number of hydrogen-bond donors (Lipinski definition) is 2. The van der Waals surface area contributed by atoms with E-state index in [1.807, 2.05) is 11.9 Å². The minimum Gasteiger partial charge on any atom is -0.409 e. The Labute approximate surface area is 93.4 Å². The number of aromatic nitrogens is 1. The molecule has 0 fully saturated rings. The SMILES string of the molecule is CN(CC/C(N)=N/O)Cc1cncc(F)c1. The molecule has 0 saturated heterocycles. The summed E-state index contributed by atoms with van der Waals surface area (Å²) in [6, 6.07) is 1.44. The molecular formula is C10H15FN4O. The number of oxime groups is 1. The van der Waals surface area contributed by atoms with Crippen LogP contribution < -0.4 is 5.73 Å². The van der Waals surface area contributed by atoms with Crippen molar-refractivity contribution in [2.75, 3.05) is 13.6 Å². The summed E-state index contributed by atoms with van der Waals surface area (Å²) in [5.41, 5.74) is 6.13. The van der Waals surface area contributed by atoms with Crippen LogP contribution in [0.3, 0.4) is 0 Å². The maximum Gasteiger partial charge on any atom is 0.141 e. The summed E-state index contributed by atoms with van der Waals surface area (Å²) in [4.78, 5) is 5.70. The van der Waals surface area contributed by atoms with Crippen LogP contribution in [-0.4, -0.2) is 34.5 Å². The van der Waals surface area contributed by atoms with Crippen LogP contribution in [0.1, 0.15) is 12.0 Å². The van der Waals surface area contributed by atoms with Gasteiger partial charge >= 0.3 is 0 Å². The van der Waals surface area contributed by atoms with Gasteiger partial charge in [-0.1, -0.05) is 5.16 Å². The van der Waals surface area contributed by atoms with Crippen molar-refractivity contribution in [3.05, 3.63) is 29.8 Å². The van der Waals surface area contributed by atoms with E-state index in [0.29, 0.717) is 19.5 Å². The molecule has 0 aliphatic heterocycles. The molecule has 0 spiro atoms. The molecule has 0 amide bonds. The Morgan fingerprint density at radius 1 is 1.62 bits per heavy atom. The van der Waals surface area contributed by atoms with Crippen LogP contribution in [0, 0.1) is 5.82 Å². The zero-order valence-corrected chi connectivity index (χ0v) is 9.10. The molecule has 0 aliphatic carbocycles. The number of nitrogens with zero attached hydrogens (tertiary/aromatic N) is 3. The lowest BCUT2D eigenvalue weighted by Crippen LogP contribution is -2.24. The molecule has 88 valence electrons. The van der Waals surface area contributed by atoms with Gasteiger partial charge in [0.15, 0.2) is 0 Å². The van der Waals surface area contributed by atoms with Gasteiger partial charge in [-0.25, -0.2) is 4.39 Å². The molecule has 0 radical (unpaired) electrons. The largest absolute Gasteiger partial charge is 0.409 e. The first-order valence-electron chi connectivity index (χ1n) is 4.86. The molecule has 0 bridgehead atoms. The first-order chi connectivity index (χ1) is 7.61. The molecule has 0 aromatic carbocycles. The third kappa shape index (κ3) is 4.22. The Hall–Kier alpha value is -1.69. The van der Waals surface area contributed by atoms with Crippen LogP contribution in [0.5, 0.6) is 0 Å². The van der Waals surface area contributed by atoms with Crippen LogP contribution in [0.4, 0.5) is 4.39 Å². The Morgan fingerprint density at radius 3 is 3.00 bits per heavy atom. The number of hydrogen-bond acceptors (Lipinski definition) is 4. The molecule has 1 aromatic heterocycles. The molecule has 1 rings (SSSR count). The van der Waals surface area contributed by atoms with E-state index in [0.717, 1.165) is 5.56 Å². The van der Waals surface area contributed by atoms with Gasteiger partial charge in [-0.2, -0.15) is 0 Å². The number of nitrogens with two attached hydrogens (primary N) is 1. The third-order valence-corrected chi connectivity index (χ3v) is 2.09. The molecule has 0 saturated carbocycles.